The number of imidazole rings is 1. The summed E-state index contributed by atoms with van der Waals surface area (Å²) in [5.74, 6) is 1.14. The molecule has 3 aromatic rings. The van der Waals surface area contributed by atoms with Gasteiger partial charge in [-0.15, -0.1) is 11.3 Å². The minimum absolute atomic E-state index is 0.0775. The monoisotopic (exact) mass is 326 g/mol. The third-order valence-electron chi connectivity index (χ3n) is 4.44. The Morgan fingerprint density at radius 1 is 1.39 bits per heavy atom. The Balaban J connectivity index is 1.60. The lowest BCUT2D eigenvalue weighted by Crippen LogP contribution is -2.32. The predicted octanol–water partition coefficient (Wildman–Crippen LogP) is 3.01. The lowest BCUT2D eigenvalue weighted by molar-refractivity contribution is -0.131. The van der Waals surface area contributed by atoms with Gasteiger partial charge in [-0.05, 0) is 31.2 Å². The number of hydrogen-bond acceptors (Lipinski definition) is 4. The summed E-state index contributed by atoms with van der Waals surface area (Å²) < 4.78 is 2.04. The highest BCUT2D eigenvalue weighted by molar-refractivity contribution is 7.10. The zero-order chi connectivity index (χ0) is 15.8. The van der Waals surface area contributed by atoms with E-state index in [9.17, 15) is 4.79 Å². The molecule has 0 radical (unpaired) electrons. The number of likely N-dealkylation sites (tertiary alicyclic amines) is 1. The number of carbonyl (C=O) groups excluding carboxylic acids is 1. The van der Waals surface area contributed by atoms with Crippen LogP contribution in [-0.2, 0) is 11.2 Å². The predicted molar refractivity (Wildman–Crippen MR) is 89.4 cm³/mol. The van der Waals surface area contributed by atoms with Crippen molar-refractivity contribution in [2.45, 2.75) is 32.2 Å². The van der Waals surface area contributed by atoms with Gasteiger partial charge >= 0.3 is 0 Å². The van der Waals surface area contributed by atoms with Gasteiger partial charge in [0.25, 0.3) is 0 Å². The highest BCUT2D eigenvalue weighted by Gasteiger charge is 2.31. The molecule has 1 atom stereocenters. The number of aromatic nitrogens is 3. The number of aryl methyl sites for hydroxylation is 1. The fraction of sp³-hybridized carbons (Fsp3) is 0.353. The number of thiophene rings is 1. The topological polar surface area (TPSA) is 50.5 Å². The van der Waals surface area contributed by atoms with Gasteiger partial charge in [0.1, 0.15) is 5.82 Å². The van der Waals surface area contributed by atoms with Gasteiger partial charge in [0.15, 0.2) is 0 Å². The molecule has 3 aromatic heterocycles. The summed E-state index contributed by atoms with van der Waals surface area (Å²) in [6.45, 7) is 2.79. The van der Waals surface area contributed by atoms with Crippen LogP contribution >= 0.6 is 11.3 Å². The average Bonchev–Trinajstić information content (AvgIpc) is 3.28. The van der Waals surface area contributed by atoms with Gasteiger partial charge in [0.05, 0.1) is 36.1 Å². The first-order valence-corrected chi connectivity index (χ1v) is 8.72. The van der Waals surface area contributed by atoms with E-state index in [0.717, 1.165) is 41.3 Å². The molecule has 0 bridgehead atoms. The number of hydrogen-bond donors (Lipinski definition) is 0. The van der Waals surface area contributed by atoms with Gasteiger partial charge in [0, 0.05) is 17.6 Å². The first-order chi connectivity index (χ1) is 11.2. The summed E-state index contributed by atoms with van der Waals surface area (Å²) in [5.41, 5.74) is 1.94. The normalized spacial score (nSPS) is 18.0. The van der Waals surface area contributed by atoms with Gasteiger partial charge in [-0.25, -0.2) is 4.98 Å². The Morgan fingerprint density at radius 2 is 2.26 bits per heavy atom. The van der Waals surface area contributed by atoms with E-state index in [1.807, 2.05) is 52.3 Å². The van der Waals surface area contributed by atoms with Gasteiger partial charge in [-0.2, -0.15) is 0 Å². The van der Waals surface area contributed by atoms with Crippen LogP contribution in [0.25, 0.3) is 5.52 Å². The van der Waals surface area contributed by atoms with Crippen LogP contribution in [0, 0.1) is 6.92 Å². The van der Waals surface area contributed by atoms with E-state index >= 15 is 0 Å². The molecule has 5 nitrogen and oxygen atoms in total. The van der Waals surface area contributed by atoms with Crippen LogP contribution in [0.15, 0.2) is 36.1 Å². The molecule has 0 unspecified atom stereocenters. The Labute approximate surface area is 138 Å². The Kier molecular flexibility index (Phi) is 3.61. The molecule has 1 amide bonds. The number of carbonyl (C=O) groups is 1. The highest BCUT2D eigenvalue weighted by atomic mass is 32.1. The van der Waals surface area contributed by atoms with E-state index in [1.54, 1.807) is 11.3 Å². The standard InChI is InChI=1S/C17H18N4OS/c1-12-18-9-13-10-19-15(11-21(12)13)16-5-2-6-20(16)17(22)8-14-4-3-7-23-14/h3-4,7,9-11,16H,2,5-6,8H2,1H3/t16-/m1/s1. The second kappa shape index (κ2) is 5.77. The van der Waals surface area contributed by atoms with E-state index < -0.39 is 0 Å². The van der Waals surface area contributed by atoms with Crippen molar-refractivity contribution in [3.8, 4) is 0 Å². The molecule has 0 aliphatic carbocycles. The van der Waals surface area contributed by atoms with Crippen molar-refractivity contribution in [3.05, 3.63) is 52.5 Å². The van der Waals surface area contributed by atoms with E-state index in [4.69, 9.17) is 0 Å². The maximum Gasteiger partial charge on any atom is 0.228 e. The molecule has 0 aromatic carbocycles. The van der Waals surface area contributed by atoms with E-state index in [1.165, 1.54) is 0 Å². The van der Waals surface area contributed by atoms with Crippen LogP contribution in [0.4, 0.5) is 0 Å². The Bertz CT molecular complexity index is 840. The highest BCUT2D eigenvalue weighted by Crippen LogP contribution is 2.31. The molecule has 6 heteroatoms. The van der Waals surface area contributed by atoms with Crippen LogP contribution < -0.4 is 0 Å². The third-order valence-corrected chi connectivity index (χ3v) is 5.31. The Hall–Kier alpha value is -2.21. The first kappa shape index (κ1) is 14.4. The molecular formula is C17H18N4OS. The molecule has 118 valence electrons. The SMILES string of the molecule is Cc1ncc2cnc([C@H]3CCCN3C(=O)Cc3cccs3)cn12. The lowest BCUT2D eigenvalue weighted by Gasteiger charge is -2.24. The zero-order valence-electron chi connectivity index (χ0n) is 13.0. The maximum absolute atomic E-state index is 12.7. The quantitative estimate of drug-likeness (QED) is 0.743. The van der Waals surface area contributed by atoms with Crippen molar-refractivity contribution in [1.29, 1.82) is 0 Å². The van der Waals surface area contributed by atoms with Crippen LogP contribution in [0.1, 0.15) is 35.3 Å². The van der Waals surface area contributed by atoms with Crippen molar-refractivity contribution in [2.24, 2.45) is 0 Å². The minimum Gasteiger partial charge on any atom is -0.334 e. The molecule has 1 aliphatic heterocycles. The van der Waals surface area contributed by atoms with Gasteiger partial charge < -0.3 is 9.30 Å². The molecule has 0 N–H and O–H groups in total. The summed E-state index contributed by atoms with van der Waals surface area (Å²) in [7, 11) is 0. The molecule has 1 fully saturated rings. The van der Waals surface area contributed by atoms with Crippen molar-refractivity contribution < 1.29 is 4.79 Å². The summed E-state index contributed by atoms with van der Waals surface area (Å²) in [4.78, 5) is 24.7. The average molecular weight is 326 g/mol. The molecule has 0 saturated carbocycles. The van der Waals surface area contributed by atoms with Crippen molar-refractivity contribution in [3.63, 3.8) is 0 Å². The number of fused-ring (bicyclic) bond motifs is 1. The summed E-state index contributed by atoms with van der Waals surface area (Å²) in [6, 6.07) is 4.09. The fourth-order valence-electron chi connectivity index (χ4n) is 3.25. The second-order valence-electron chi connectivity index (χ2n) is 5.91. The van der Waals surface area contributed by atoms with Gasteiger partial charge in [-0.1, -0.05) is 6.07 Å². The zero-order valence-corrected chi connectivity index (χ0v) is 13.8. The second-order valence-corrected chi connectivity index (χ2v) is 6.95. The van der Waals surface area contributed by atoms with Gasteiger partial charge in [0.2, 0.25) is 5.91 Å². The van der Waals surface area contributed by atoms with Gasteiger partial charge in [-0.3, -0.25) is 9.78 Å². The van der Waals surface area contributed by atoms with Crippen molar-refractivity contribution >= 4 is 22.8 Å². The number of amides is 1. The molecule has 4 rings (SSSR count). The molecule has 23 heavy (non-hydrogen) atoms. The number of rotatable bonds is 3. The summed E-state index contributed by atoms with van der Waals surface area (Å²) in [5, 5.41) is 2.02. The first-order valence-electron chi connectivity index (χ1n) is 7.84. The molecule has 4 heterocycles. The van der Waals surface area contributed by atoms with Crippen LogP contribution in [0.2, 0.25) is 0 Å². The molecule has 0 spiro atoms. The van der Waals surface area contributed by atoms with Crippen molar-refractivity contribution in [1.82, 2.24) is 19.3 Å². The fourth-order valence-corrected chi connectivity index (χ4v) is 3.94. The smallest absolute Gasteiger partial charge is 0.228 e. The molecule has 1 saturated heterocycles. The summed E-state index contributed by atoms with van der Waals surface area (Å²) in [6.07, 6.45) is 8.18. The van der Waals surface area contributed by atoms with E-state index in [2.05, 4.69) is 9.97 Å². The Morgan fingerprint density at radius 3 is 3.09 bits per heavy atom. The van der Waals surface area contributed by atoms with E-state index in [-0.39, 0.29) is 11.9 Å². The largest absolute Gasteiger partial charge is 0.334 e. The van der Waals surface area contributed by atoms with Crippen LogP contribution in [0.3, 0.4) is 0 Å². The van der Waals surface area contributed by atoms with Crippen molar-refractivity contribution in [2.75, 3.05) is 6.54 Å². The number of nitrogens with zero attached hydrogens (tertiary/aromatic N) is 4. The maximum atomic E-state index is 12.7. The molecule has 1 aliphatic rings. The third kappa shape index (κ3) is 2.63. The molecular weight excluding hydrogens is 308 g/mol. The summed E-state index contributed by atoms with van der Waals surface area (Å²) >= 11 is 1.64. The van der Waals surface area contributed by atoms with Crippen LogP contribution in [0.5, 0.6) is 0 Å². The van der Waals surface area contributed by atoms with Crippen LogP contribution in [-0.4, -0.2) is 31.7 Å². The van der Waals surface area contributed by atoms with E-state index in [0.29, 0.717) is 6.42 Å². The lowest BCUT2D eigenvalue weighted by atomic mass is 10.1. The minimum atomic E-state index is 0.0775.